The van der Waals surface area contributed by atoms with Gasteiger partial charge in [-0.15, -0.1) is 0 Å². The zero-order valence-corrected chi connectivity index (χ0v) is 6.69. The van der Waals surface area contributed by atoms with Crippen molar-refractivity contribution in [3.8, 4) is 0 Å². The van der Waals surface area contributed by atoms with Gasteiger partial charge in [0.05, 0.1) is 0 Å². The summed E-state index contributed by atoms with van der Waals surface area (Å²) in [6, 6.07) is 0. The molecule has 5 heavy (non-hydrogen) atoms. The Morgan fingerprint density at radius 2 is 1.40 bits per heavy atom. The molecule has 0 radical (unpaired) electrons. The van der Waals surface area contributed by atoms with E-state index in [1.54, 1.807) is 12.2 Å². The van der Waals surface area contributed by atoms with Crippen LogP contribution in [0, 0.1) is 0 Å². The summed E-state index contributed by atoms with van der Waals surface area (Å²) in [4.78, 5) is 0. The van der Waals surface area contributed by atoms with Gasteiger partial charge in [0.15, 0.2) is 0 Å². The van der Waals surface area contributed by atoms with E-state index in [9.17, 15) is 0 Å². The molecule has 0 nitrogen and oxygen atoms in total. The van der Waals surface area contributed by atoms with Crippen molar-refractivity contribution in [1.29, 1.82) is 0 Å². The van der Waals surface area contributed by atoms with E-state index in [-0.39, 0.29) is 52.8 Å². The van der Waals surface area contributed by atoms with Gasteiger partial charge in [-0.2, -0.15) is 0 Å². The molecule has 0 bridgehead atoms. The third kappa shape index (κ3) is 11.1. The first-order valence-corrected chi connectivity index (χ1v) is 1.15. The molecule has 0 aromatic rings. The third-order valence-electron chi connectivity index (χ3n) is 0.167. The first-order chi connectivity index (χ1) is 1.91. The second kappa shape index (κ2) is 8.93. The van der Waals surface area contributed by atoms with Crippen LogP contribution in [-0.4, -0.2) is 0 Å². The predicted molar refractivity (Wildman–Crippen MR) is 21.5 cm³/mol. The largest absolute Gasteiger partial charge is 1.00 e. The number of hydrogen-bond acceptors (Lipinski definition) is 0. The second-order valence-corrected chi connectivity index (χ2v) is 0.471. The Balaban J connectivity index is -0.0000000450. The van der Waals surface area contributed by atoms with Gasteiger partial charge in [0.2, 0.25) is 0 Å². The fourth-order valence-electron chi connectivity index (χ4n) is 0. The third-order valence-corrected chi connectivity index (χ3v) is 0.167. The average Bonchev–Trinajstić information content (AvgIpc) is 1.37. The molecule has 0 atom stereocenters. The monoisotopic (exact) mass is 94.0 g/mol. The van der Waals surface area contributed by atoms with Crippen molar-refractivity contribution in [2.75, 3.05) is 0 Å². The maximum atomic E-state index is 3.36. The maximum Gasteiger partial charge on any atom is 1.00 e. The predicted octanol–water partition coefficient (Wildman–Crippen LogP) is -1.53. The smallest absolute Gasteiger partial charge is 1.00 e. The second-order valence-electron chi connectivity index (χ2n) is 0.471. The maximum absolute atomic E-state index is 3.36. The summed E-state index contributed by atoms with van der Waals surface area (Å²) in [5.41, 5.74) is 0. The Kier molecular flexibility index (Phi) is 16.9. The van der Waals surface area contributed by atoms with Gasteiger partial charge in [-0.05, 0) is 0 Å². The molecule has 0 aromatic heterocycles. The van der Waals surface area contributed by atoms with Gasteiger partial charge < -0.3 is 1.43 Å². The van der Waals surface area contributed by atoms with Gasteiger partial charge >= 0.3 is 51.4 Å². The summed E-state index contributed by atoms with van der Waals surface area (Å²) in [7, 11) is 0. The summed E-state index contributed by atoms with van der Waals surface area (Å²) >= 11 is 0. The molecular weight excluding hydrogens is 87.1 g/mol. The zero-order chi connectivity index (χ0) is 3.41. The Labute approximate surface area is 76.9 Å². The van der Waals surface area contributed by atoms with E-state index in [1.807, 2.05) is 0 Å². The number of rotatable bonds is 1. The van der Waals surface area contributed by atoms with Crippen LogP contribution in [0.1, 0.15) is 1.43 Å². The fraction of sp³-hybridized carbons (Fsp3) is 0. The molecular formula is C4H7K. The quantitative estimate of drug-likeness (QED) is 0.273. The van der Waals surface area contributed by atoms with Crippen molar-refractivity contribution in [1.82, 2.24) is 0 Å². The van der Waals surface area contributed by atoms with Gasteiger partial charge in [0.1, 0.15) is 0 Å². The van der Waals surface area contributed by atoms with Gasteiger partial charge in [-0.3, -0.25) is 0 Å². The molecule has 0 unspecified atom stereocenters. The van der Waals surface area contributed by atoms with E-state index < -0.39 is 0 Å². The van der Waals surface area contributed by atoms with Gasteiger partial charge in [0.25, 0.3) is 0 Å². The van der Waals surface area contributed by atoms with Gasteiger partial charge in [0, 0.05) is 0 Å². The number of hydrogen-bond donors (Lipinski definition) is 0. The normalized spacial score (nSPS) is 4.00. The Morgan fingerprint density at radius 3 is 1.40 bits per heavy atom. The van der Waals surface area contributed by atoms with Crippen LogP contribution in [-0.2, 0) is 0 Å². The van der Waals surface area contributed by atoms with Gasteiger partial charge in [-0.25, -0.2) is 0 Å². The Bertz CT molecular complexity index is 28.5. The molecule has 0 spiro atoms. The number of allylic oxidation sites excluding steroid dienone is 2. The van der Waals surface area contributed by atoms with Crippen LogP contribution in [0.2, 0.25) is 0 Å². The molecule has 0 heterocycles. The van der Waals surface area contributed by atoms with Crippen LogP contribution >= 0.6 is 0 Å². The molecule has 0 saturated heterocycles. The SMILES string of the molecule is C=CC=C.[H-].[K+]. The fourth-order valence-corrected chi connectivity index (χ4v) is 0. The van der Waals surface area contributed by atoms with Crippen molar-refractivity contribution in [2.24, 2.45) is 0 Å². The Morgan fingerprint density at radius 1 is 1.20 bits per heavy atom. The standard InChI is InChI=1S/C4H6.K.H/c1-3-4-2;;/h3-4H,1-2H2;;/q;+1;-1. The Hall–Kier alpha value is 1.12. The van der Waals surface area contributed by atoms with E-state index in [0.29, 0.717) is 0 Å². The summed E-state index contributed by atoms with van der Waals surface area (Å²) in [6.07, 6.45) is 3.28. The van der Waals surface area contributed by atoms with E-state index in [2.05, 4.69) is 13.2 Å². The minimum Gasteiger partial charge on any atom is -1.00 e. The zero-order valence-electron chi connectivity index (χ0n) is 4.57. The van der Waals surface area contributed by atoms with E-state index in [1.165, 1.54) is 0 Å². The van der Waals surface area contributed by atoms with Crippen molar-refractivity contribution >= 4 is 0 Å². The first-order valence-electron chi connectivity index (χ1n) is 1.15. The molecule has 0 aliphatic carbocycles. The van der Waals surface area contributed by atoms with Crippen LogP contribution in [0.4, 0.5) is 0 Å². The molecule has 0 aliphatic rings. The van der Waals surface area contributed by atoms with Crippen molar-refractivity contribution in [3.63, 3.8) is 0 Å². The van der Waals surface area contributed by atoms with Crippen LogP contribution < -0.4 is 51.4 Å². The van der Waals surface area contributed by atoms with Crippen molar-refractivity contribution in [3.05, 3.63) is 25.3 Å². The average molecular weight is 94.2 g/mol. The van der Waals surface area contributed by atoms with Crippen LogP contribution in [0.25, 0.3) is 0 Å². The topological polar surface area (TPSA) is 0 Å². The van der Waals surface area contributed by atoms with E-state index in [0.717, 1.165) is 0 Å². The van der Waals surface area contributed by atoms with Crippen molar-refractivity contribution < 1.29 is 52.8 Å². The summed E-state index contributed by atoms with van der Waals surface area (Å²) in [6.45, 7) is 6.72. The molecule has 0 amide bonds. The molecule has 0 rings (SSSR count). The summed E-state index contributed by atoms with van der Waals surface area (Å²) in [5, 5.41) is 0. The van der Waals surface area contributed by atoms with E-state index >= 15 is 0 Å². The molecule has 0 aromatic carbocycles. The minimum absolute atomic E-state index is 0. The molecule has 0 aliphatic heterocycles. The summed E-state index contributed by atoms with van der Waals surface area (Å²) < 4.78 is 0. The minimum atomic E-state index is 0. The first kappa shape index (κ1) is 9.45. The van der Waals surface area contributed by atoms with Crippen LogP contribution in [0.15, 0.2) is 25.3 Å². The van der Waals surface area contributed by atoms with Gasteiger partial charge in [-0.1, -0.05) is 25.3 Å². The van der Waals surface area contributed by atoms with Crippen LogP contribution in [0.5, 0.6) is 0 Å². The molecule has 1 heteroatoms. The molecule has 24 valence electrons. The van der Waals surface area contributed by atoms with E-state index in [4.69, 9.17) is 0 Å². The van der Waals surface area contributed by atoms with Crippen molar-refractivity contribution in [2.45, 2.75) is 0 Å². The summed E-state index contributed by atoms with van der Waals surface area (Å²) in [5.74, 6) is 0. The molecule has 0 fully saturated rings. The molecule has 0 N–H and O–H groups in total. The molecule has 0 saturated carbocycles. The van der Waals surface area contributed by atoms with Crippen LogP contribution in [0.3, 0.4) is 0 Å².